The molecule has 2 aliphatic rings. The molecule has 0 radical (unpaired) electrons. The van der Waals surface area contributed by atoms with E-state index in [9.17, 15) is 5.11 Å². The fourth-order valence-corrected chi connectivity index (χ4v) is 3.32. The van der Waals surface area contributed by atoms with Crippen LogP contribution in [0.1, 0.15) is 23.7 Å². The third kappa shape index (κ3) is 3.78. The number of ether oxygens (including phenoxy) is 1. The lowest BCUT2D eigenvalue weighted by molar-refractivity contribution is 0.140. The highest BCUT2D eigenvalue weighted by molar-refractivity contribution is 5.48. The molecule has 1 N–H and O–H groups in total. The molecule has 0 aliphatic carbocycles. The summed E-state index contributed by atoms with van der Waals surface area (Å²) >= 11 is 0. The number of aliphatic hydroxyl groups is 1. The van der Waals surface area contributed by atoms with E-state index in [1.165, 1.54) is 0 Å². The lowest BCUT2D eigenvalue weighted by atomic mass is 10.0. The Hall–Kier alpha value is -2.25. The molecule has 2 saturated heterocycles. The minimum absolute atomic E-state index is 0.276. The monoisotopic (exact) mass is 355 g/mol. The Kier molecular flexibility index (Phi) is 4.99. The van der Waals surface area contributed by atoms with Crippen LogP contribution in [0.2, 0.25) is 0 Å². The first-order chi connectivity index (χ1) is 12.7. The first-order valence-corrected chi connectivity index (χ1v) is 9.20. The second-order valence-electron chi connectivity index (χ2n) is 7.06. The second kappa shape index (κ2) is 7.55. The molecule has 4 heterocycles. The number of hydrogen-bond donors (Lipinski definition) is 1. The Balaban J connectivity index is 1.53. The quantitative estimate of drug-likeness (QED) is 0.835. The molecule has 0 amide bonds. The van der Waals surface area contributed by atoms with Crippen molar-refractivity contribution in [2.75, 3.05) is 49.7 Å². The fraction of sp³-hybridized carbons (Fsp3) is 0.526. The predicted octanol–water partition coefficient (Wildman–Crippen LogP) is 1.24. The number of nitrogens with zero attached hydrogens (tertiary/aromatic N) is 5. The van der Waals surface area contributed by atoms with Gasteiger partial charge >= 0.3 is 0 Å². The SMILES string of the molecule is CN(CCc1ccccn1)c1cc([C@@H]2CCOC2)nc(N2CC(O)C2)n1. The Bertz CT molecular complexity index is 730. The average molecular weight is 355 g/mol. The minimum atomic E-state index is -0.276. The Morgan fingerprint density at radius 1 is 1.31 bits per heavy atom. The lowest BCUT2D eigenvalue weighted by Gasteiger charge is -2.36. The van der Waals surface area contributed by atoms with Crippen LogP contribution in [-0.2, 0) is 11.2 Å². The van der Waals surface area contributed by atoms with E-state index in [1.54, 1.807) is 0 Å². The van der Waals surface area contributed by atoms with Crippen LogP contribution in [0, 0.1) is 0 Å². The topological polar surface area (TPSA) is 74.6 Å². The first kappa shape index (κ1) is 17.2. The van der Waals surface area contributed by atoms with Crippen molar-refractivity contribution in [3.63, 3.8) is 0 Å². The molecule has 4 rings (SSSR count). The van der Waals surface area contributed by atoms with Crippen molar-refractivity contribution in [2.45, 2.75) is 24.9 Å². The van der Waals surface area contributed by atoms with E-state index in [1.807, 2.05) is 29.3 Å². The number of anilines is 2. The standard InChI is InChI=1S/C19H25N5O2/c1-23(8-5-15-4-2-3-7-20-15)18-10-17(14-6-9-26-13-14)21-19(22-18)24-11-16(25)12-24/h2-4,7,10,14,16,25H,5-6,8-9,11-13H2,1H3/t14-/m1/s1. The third-order valence-corrected chi connectivity index (χ3v) is 5.03. The highest BCUT2D eigenvalue weighted by atomic mass is 16.5. The van der Waals surface area contributed by atoms with E-state index < -0.39 is 0 Å². The van der Waals surface area contributed by atoms with Gasteiger partial charge in [0.25, 0.3) is 0 Å². The molecule has 1 atom stereocenters. The number of likely N-dealkylation sites (N-methyl/N-ethyl adjacent to an activating group) is 1. The average Bonchev–Trinajstić information content (AvgIpc) is 3.19. The van der Waals surface area contributed by atoms with Gasteiger partial charge < -0.3 is 19.6 Å². The molecule has 2 aromatic rings. The van der Waals surface area contributed by atoms with Crippen molar-refractivity contribution in [3.8, 4) is 0 Å². The summed E-state index contributed by atoms with van der Waals surface area (Å²) in [4.78, 5) is 18.1. The molecule has 138 valence electrons. The number of β-amino-alcohol motifs (C(OH)–C–C–N with tert-alkyl or cyclic N) is 1. The van der Waals surface area contributed by atoms with Crippen LogP contribution in [0.4, 0.5) is 11.8 Å². The summed E-state index contributed by atoms with van der Waals surface area (Å²) in [5.41, 5.74) is 2.11. The summed E-state index contributed by atoms with van der Waals surface area (Å²) in [5, 5.41) is 9.61. The molecule has 0 saturated carbocycles. The molecule has 2 fully saturated rings. The number of aliphatic hydroxyl groups excluding tert-OH is 1. The molecular weight excluding hydrogens is 330 g/mol. The summed E-state index contributed by atoms with van der Waals surface area (Å²) in [5.74, 6) is 1.94. The summed E-state index contributed by atoms with van der Waals surface area (Å²) < 4.78 is 5.54. The maximum Gasteiger partial charge on any atom is 0.227 e. The molecule has 0 unspecified atom stereocenters. The third-order valence-electron chi connectivity index (χ3n) is 5.03. The Labute approximate surface area is 153 Å². The lowest BCUT2D eigenvalue weighted by Crippen LogP contribution is -2.51. The van der Waals surface area contributed by atoms with E-state index in [2.05, 4.69) is 23.0 Å². The molecule has 0 aromatic carbocycles. The van der Waals surface area contributed by atoms with E-state index >= 15 is 0 Å². The van der Waals surface area contributed by atoms with Crippen molar-refractivity contribution in [1.29, 1.82) is 0 Å². The van der Waals surface area contributed by atoms with Crippen molar-refractivity contribution in [1.82, 2.24) is 15.0 Å². The highest BCUT2D eigenvalue weighted by Gasteiger charge is 2.29. The van der Waals surface area contributed by atoms with Crippen LogP contribution < -0.4 is 9.80 Å². The normalized spacial score (nSPS) is 20.2. The van der Waals surface area contributed by atoms with Crippen molar-refractivity contribution in [2.24, 2.45) is 0 Å². The van der Waals surface area contributed by atoms with Crippen LogP contribution in [0.25, 0.3) is 0 Å². The summed E-state index contributed by atoms with van der Waals surface area (Å²) in [7, 11) is 2.05. The Morgan fingerprint density at radius 2 is 2.19 bits per heavy atom. The Morgan fingerprint density at radius 3 is 2.88 bits per heavy atom. The van der Waals surface area contributed by atoms with Gasteiger partial charge in [0.05, 0.1) is 18.4 Å². The second-order valence-corrected chi connectivity index (χ2v) is 7.06. The van der Waals surface area contributed by atoms with Crippen LogP contribution in [0.5, 0.6) is 0 Å². The van der Waals surface area contributed by atoms with Crippen LogP contribution in [0.15, 0.2) is 30.5 Å². The minimum Gasteiger partial charge on any atom is -0.389 e. The summed E-state index contributed by atoms with van der Waals surface area (Å²) in [6.07, 6.45) is 3.41. The number of pyridine rings is 1. The van der Waals surface area contributed by atoms with Gasteiger partial charge in [-0.2, -0.15) is 4.98 Å². The summed E-state index contributed by atoms with van der Waals surface area (Å²) in [6.45, 7) is 3.54. The summed E-state index contributed by atoms with van der Waals surface area (Å²) in [6, 6.07) is 8.07. The van der Waals surface area contributed by atoms with Gasteiger partial charge in [-0.25, -0.2) is 4.98 Å². The maximum absolute atomic E-state index is 9.61. The van der Waals surface area contributed by atoms with E-state index in [-0.39, 0.29) is 6.10 Å². The van der Waals surface area contributed by atoms with Crippen LogP contribution >= 0.6 is 0 Å². The largest absolute Gasteiger partial charge is 0.389 e. The van der Waals surface area contributed by atoms with Gasteiger partial charge in [-0.15, -0.1) is 0 Å². The zero-order chi connectivity index (χ0) is 17.9. The van der Waals surface area contributed by atoms with Crippen LogP contribution in [0.3, 0.4) is 0 Å². The zero-order valence-corrected chi connectivity index (χ0v) is 15.1. The maximum atomic E-state index is 9.61. The number of hydrogen-bond acceptors (Lipinski definition) is 7. The van der Waals surface area contributed by atoms with Gasteiger partial charge in [-0.3, -0.25) is 4.98 Å². The van der Waals surface area contributed by atoms with Gasteiger partial charge in [0.2, 0.25) is 5.95 Å². The van der Waals surface area contributed by atoms with E-state index in [0.717, 1.165) is 49.8 Å². The number of rotatable bonds is 6. The van der Waals surface area contributed by atoms with Crippen molar-refractivity contribution < 1.29 is 9.84 Å². The molecule has 0 spiro atoms. The fourth-order valence-electron chi connectivity index (χ4n) is 3.32. The molecular formula is C19H25N5O2. The van der Waals surface area contributed by atoms with Crippen molar-refractivity contribution in [3.05, 3.63) is 41.9 Å². The van der Waals surface area contributed by atoms with Crippen molar-refractivity contribution >= 4 is 11.8 Å². The molecule has 0 bridgehead atoms. The molecule has 2 aliphatic heterocycles. The van der Waals surface area contributed by atoms with Gasteiger partial charge in [-0.1, -0.05) is 6.07 Å². The smallest absolute Gasteiger partial charge is 0.227 e. The van der Waals surface area contributed by atoms with E-state index in [4.69, 9.17) is 14.7 Å². The molecule has 7 nitrogen and oxygen atoms in total. The van der Waals surface area contributed by atoms with Gasteiger partial charge in [0.1, 0.15) is 5.82 Å². The number of aromatic nitrogens is 3. The first-order valence-electron chi connectivity index (χ1n) is 9.20. The van der Waals surface area contributed by atoms with E-state index in [0.29, 0.717) is 25.0 Å². The van der Waals surface area contributed by atoms with Gasteiger partial charge in [-0.05, 0) is 18.6 Å². The molecule has 2 aromatic heterocycles. The highest BCUT2D eigenvalue weighted by Crippen LogP contribution is 2.29. The molecule has 26 heavy (non-hydrogen) atoms. The van der Waals surface area contributed by atoms with Gasteiger partial charge in [0.15, 0.2) is 0 Å². The zero-order valence-electron chi connectivity index (χ0n) is 15.1. The van der Waals surface area contributed by atoms with Gasteiger partial charge in [0, 0.05) is 63.6 Å². The molecule has 7 heteroatoms. The predicted molar refractivity (Wildman–Crippen MR) is 99.6 cm³/mol. The van der Waals surface area contributed by atoms with Crippen LogP contribution in [-0.4, -0.2) is 66.1 Å².